The van der Waals surface area contributed by atoms with Crippen molar-refractivity contribution in [3.63, 3.8) is 0 Å². The molecule has 2 fully saturated rings. The number of hydrogen-bond donors (Lipinski definition) is 0. The molecule has 4 heteroatoms. The van der Waals surface area contributed by atoms with Gasteiger partial charge < -0.3 is 4.90 Å². The van der Waals surface area contributed by atoms with E-state index in [0.717, 1.165) is 13.1 Å². The Labute approximate surface area is 112 Å². The third kappa shape index (κ3) is 2.20. The third-order valence-electron chi connectivity index (χ3n) is 4.58. The first-order chi connectivity index (χ1) is 8.69. The van der Waals surface area contributed by atoms with Crippen LogP contribution in [0.25, 0.3) is 0 Å². The van der Waals surface area contributed by atoms with Gasteiger partial charge in [-0.3, -0.25) is 0 Å². The fraction of sp³-hybridized carbons (Fsp3) is 0.643. The zero-order valence-corrected chi connectivity index (χ0v) is 11.2. The highest BCUT2D eigenvalue weighted by molar-refractivity contribution is 6.30. The molecule has 1 spiro atoms. The van der Waals surface area contributed by atoms with Crippen LogP contribution < -0.4 is 4.90 Å². The van der Waals surface area contributed by atoms with E-state index in [9.17, 15) is 4.39 Å². The minimum atomic E-state index is -0.301. The number of aromatic nitrogens is 1. The first-order valence-corrected chi connectivity index (χ1v) is 7.12. The summed E-state index contributed by atoms with van der Waals surface area (Å²) < 4.78 is 13.8. The van der Waals surface area contributed by atoms with E-state index >= 15 is 0 Å². The van der Waals surface area contributed by atoms with Crippen LogP contribution >= 0.6 is 11.6 Å². The average Bonchev–Trinajstić information content (AvgIpc) is 2.80. The summed E-state index contributed by atoms with van der Waals surface area (Å²) in [5.74, 6) is 0.164. The van der Waals surface area contributed by atoms with Gasteiger partial charge in [-0.05, 0) is 37.2 Å². The molecule has 3 rings (SSSR count). The Morgan fingerprint density at radius 3 is 2.44 bits per heavy atom. The van der Waals surface area contributed by atoms with Crippen LogP contribution in [0.2, 0.25) is 5.02 Å². The maximum Gasteiger partial charge on any atom is 0.167 e. The molecule has 1 saturated heterocycles. The topological polar surface area (TPSA) is 16.1 Å². The summed E-state index contributed by atoms with van der Waals surface area (Å²) in [5.41, 5.74) is 0.555. The smallest absolute Gasteiger partial charge is 0.167 e. The molecule has 1 aromatic rings. The van der Waals surface area contributed by atoms with Gasteiger partial charge in [0.15, 0.2) is 11.6 Å². The lowest BCUT2D eigenvalue weighted by molar-refractivity contribution is 0.225. The Kier molecular flexibility index (Phi) is 3.18. The lowest BCUT2D eigenvalue weighted by Crippen LogP contribution is -2.39. The predicted octanol–water partition coefficient (Wildman–Crippen LogP) is 4.03. The maximum absolute atomic E-state index is 13.8. The molecule has 2 nitrogen and oxygen atoms in total. The van der Waals surface area contributed by atoms with Crippen molar-refractivity contribution in [2.24, 2.45) is 5.41 Å². The monoisotopic (exact) mass is 268 g/mol. The molecule has 1 saturated carbocycles. The van der Waals surface area contributed by atoms with E-state index in [4.69, 9.17) is 11.6 Å². The van der Waals surface area contributed by atoms with Crippen LogP contribution in [0, 0.1) is 11.2 Å². The van der Waals surface area contributed by atoms with Crippen LogP contribution in [0.15, 0.2) is 12.3 Å². The fourth-order valence-electron chi connectivity index (χ4n) is 3.46. The van der Waals surface area contributed by atoms with Crippen LogP contribution in [0.1, 0.15) is 38.5 Å². The molecule has 0 N–H and O–H groups in total. The summed E-state index contributed by atoms with van der Waals surface area (Å²) in [6, 6.07) is 1.35. The van der Waals surface area contributed by atoms with Crippen LogP contribution in [0.3, 0.4) is 0 Å². The standard InChI is InChI=1S/C14H18ClFN2/c15-11-9-12(16)13(17-10-11)18-7-5-14(6-8-18)3-1-2-4-14/h9-10H,1-8H2. The van der Waals surface area contributed by atoms with E-state index in [1.165, 1.54) is 50.8 Å². The second-order valence-corrected chi connectivity index (χ2v) is 6.09. The molecule has 0 radical (unpaired) electrons. The van der Waals surface area contributed by atoms with Gasteiger partial charge in [0.1, 0.15) is 0 Å². The highest BCUT2D eigenvalue weighted by Gasteiger charge is 2.37. The van der Waals surface area contributed by atoms with Gasteiger partial charge in [0, 0.05) is 19.3 Å². The highest BCUT2D eigenvalue weighted by Crippen LogP contribution is 2.46. The van der Waals surface area contributed by atoms with Crippen LogP contribution in [-0.2, 0) is 0 Å². The van der Waals surface area contributed by atoms with Gasteiger partial charge in [0.2, 0.25) is 0 Å². The molecule has 2 aliphatic rings. The Morgan fingerprint density at radius 1 is 1.17 bits per heavy atom. The number of anilines is 1. The van der Waals surface area contributed by atoms with Gasteiger partial charge in [-0.25, -0.2) is 9.37 Å². The quantitative estimate of drug-likeness (QED) is 0.764. The maximum atomic E-state index is 13.8. The summed E-state index contributed by atoms with van der Waals surface area (Å²) in [7, 11) is 0. The molecule has 18 heavy (non-hydrogen) atoms. The molecule has 0 amide bonds. The molecule has 1 aliphatic heterocycles. The summed E-state index contributed by atoms with van der Waals surface area (Å²) >= 11 is 5.73. The van der Waals surface area contributed by atoms with Gasteiger partial charge in [-0.2, -0.15) is 0 Å². The van der Waals surface area contributed by atoms with Crippen LogP contribution in [0.4, 0.5) is 10.2 Å². The minimum absolute atomic E-state index is 0.301. The molecule has 0 aromatic carbocycles. The van der Waals surface area contributed by atoms with Crippen molar-refractivity contribution in [2.45, 2.75) is 38.5 Å². The first kappa shape index (κ1) is 12.2. The van der Waals surface area contributed by atoms with Crippen molar-refractivity contribution in [1.82, 2.24) is 4.98 Å². The van der Waals surface area contributed by atoms with Crippen molar-refractivity contribution in [2.75, 3.05) is 18.0 Å². The summed E-state index contributed by atoms with van der Waals surface area (Å²) in [5, 5.41) is 0.362. The third-order valence-corrected chi connectivity index (χ3v) is 4.78. The largest absolute Gasteiger partial charge is 0.354 e. The average molecular weight is 269 g/mol. The van der Waals surface area contributed by atoms with E-state index in [1.54, 1.807) is 0 Å². The predicted molar refractivity (Wildman–Crippen MR) is 71.6 cm³/mol. The highest BCUT2D eigenvalue weighted by atomic mass is 35.5. The number of hydrogen-bond acceptors (Lipinski definition) is 2. The van der Waals surface area contributed by atoms with E-state index in [-0.39, 0.29) is 5.82 Å². The van der Waals surface area contributed by atoms with E-state index in [0.29, 0.717) is 16.3 Å². The molecular formula is C14H18ClFN2. The van der Waals surface area contributed by atoms with E-state index in [2.05, 4.69) is 9.88 Å². The Morgan fingerprint density at radius 2 is 1.83 bits per heavy atom. The Hall–Kier alpha value is -0.830. The minimum Gasteiger partial charge on any atom is -0.354 e. The van der Waals surface area contributed by atoms with Gasteiger partial charge in [0.25, 0.3) is 0 Å². The molecule has 0 unspecified atom stereocenters. The zero-order valence-electron chi connectivity index (χ0n) is 10.5. The Bertz CT molecular complexity index is 433. The van der Waals surface area contributed by atoms with Crippen molar-refractivity contribution < 1.29 is 4.39 Å². The Balaban J connectivity index is 1.72. The number of nitrogens with zero attached hydrogens (tertiary/aromatic N) is 2. The number of rotatable bonds is 1. The van der Waals surface area contributed by atoms with Gasteiger partial charge in [-0.1, -0.05) is 24.4 Å². The summed E-state index contributed by atoms with van der Waals surface area (Å²) in [4.78, 5) is 6.20. The summed E-state index contributed by atoms with van der Waals surface area (Å²) in [6.07, 6.45) is 9.34. The number of halogens is 2. The fourth-order valence-corrected chi connectivity index (χ4v) is 3.60. The SMILES string of the molecule is Fc1cc(Cl)cnc1N1CCC2(CCCC2)CC1. The van der Waals surface area contributed by atoms with E-state index < -0.39 is 0 Å². The molecular weight excluding hydrogens is 251 g/mol. The van der Waals surface area contributed by atoms with Crippen LogP contribution in [0.5, 0.6) is 0 Å². The molecule has 1 aromatic heterocycles. The molecule has 0 bridgehead atoms. The number of pyridine rings is 1. The van der Waals surface area contributed by atoms with Crippen LogP contribution in [-0.4, -0.2) is 18.1 Å². The van der Waals surface area contributed by atoms with Crippen molar-refractivity contribution in [3.8, 4) is 0 Å². The lowest BCUT2D eigenvalue weighted by Gasteiger charge is -2.40. The van der Waals surface area contributed by atoms with Crippen molar-refractivity contribution >= 4 is 17.4 Å². The molecule has 2 heterocycles. The number of piperidine rings is 1. The second-order valence-electron chi connectivity index (χ2n) is 5.65. The van der Waals surface area contributed by atoms with Crippen molar-refractivity contribution in [3.05, 3.63) is 23.1 Å². The summed E-state index contributed by atoms with van der Waals surface area (Å²) in [6.45, 7) is 1.84. The molecule has 0 atom stereocenters. The first-order valence-electron chi connectivity index (χ1n) is 6.75. The normalized spacial score (nSPS) is 22.7. The molecule has 98 valence electrons. The van der Waals surface area contributed by atoms with Gasteiger partial charge >= 0.3 is 0 Å². The van der Waals surface area contributed by atoms with Gasteiger partial charge in [0.05, 0.1) is 5.02 Å². The van der Waals surface area contributed by atoms with Crippen molar-refractivity contribution in [1.29, 1.82) is 0 Å². The second kappa shape index (κ2) is 4.69. The zero-order chi connectivity index (χ0) is 12.6. The lowest BCUT2D eigenvalue weighted by atomic mass is 9.77. The van der Waals surface area contributed by atoms with Gasteiger partial charge in [-0.15, -0.1) is 0 Å². The van der Waals surface area contributed by atoms with E-state index in [1.807, 2.05) is 0 Å². The molecule has 1 aliphatic carbocycles.